The second-order valence-corrected chi connectivity index (χ2v) is 9.75. The van der Waals surface area contributed by atoms with Gasteiger partial charge in [0.2, 0.25) is 17.7 Å². The molecule has 0 saturated carbocycles. The van der Waals surface area contributed by atoms with Gasteiger partial charge in [-0.2, -0.15) is 0 Å². The first kappa shape index (κ1) is 29.2. The molecule has 1 rings (SSSR count). The van der Waals surface area contributed by atoms with Crippen molar-refractivity contribution in [1.82, 2.24) is 16.0 Å². The van der Waals surface area contributed by atoms with Crippen LogP contribution in [-0.4, -0.2) is 95.8 Å². The van der Waals surface area contributed by atoms with E-state index < -0.39 is 55.5 Å². The van der Waals surface area contributed by atoms with Crippen LogP contribution in [-0.2, 0) is 28.6 Å². The number of carbonyl (C=O) groups is 3. The topological polar surface area (TPSA) is 176 Å². The minimum Gasteiger partial charge on any atom is -0.394 e. The summed E-state index contributed by atoms with van der Waals surface area (Å²) in [6.45, 7) is 9.55. The Balaban J connectivity index is 2.48. The van der Waals surface area contributed by atoms with Gasteiger partial charge in [0, 0.05) is 25.9 Å². The van der Waals surface area contributed by atoms with Gasteiger partial charge in [0.25, 0.3) is 0 Å². The Hall–Kier alpha value is -1.83. The standard InChI is InChI=1S/C21H39N3O9/c1-12(26)23-16-18(30)17(29)14(7-25)33-19(16)32-11-31-8-15(28)22-10-20(3,4)9-21(5,6)24-13(2)27/h14,16-19,25,29-30H,7-11H2,1-6H3,(H,22,28)(H,23,26)(H,24,27). The van der Waals surface area contributed by atoms with E-state index in [-0.39, 0.29) is 23.8 Å². The van der Waals surface area contributed by atoms with Crippen LogP contribution >= 0.6 is 0 Å². The number of ether oxygens (including phenoxy) is 3. The van der Waals surface area contributed by atoms with Crippen molar-refractivity contribution in [3.05, 3.63) is 0 Å². The third kappa shape index (κ3) is 10.3. The first-order valence-corrected chi connectivity index (χ1v) is 10.8. The van der Waals surface area contributed by atoms with E-state index >= 15 is 0 Å². The molecule has 0 spiro atoms. The molecule has 6 N–H and O–H groups in total. The summed E-state index contributed by atoms with van der Waals surface area (Å²) < 4.78 is 16.0. The summed E-state index contributed by atoms with van der Waals surface area (Å²) in [7, 11) is 0. The fourth-order valence-electron chi connectivity index (χ4n) is 4.03. The molecule has 1 fully saturated rings. The monoisotopic (exact) mass is 477 g/mol. The number of hydrogen-bond donors (Lipinski definition) is 6. The summed E-state index contributed by atoms with van der Waals surface area (Å²) in [5, 5.41) is 37.6. The number of carbonyl (C=O) groups excluding carboxylic acids is 3. The van der Waals surface area contributed by atoms with Gasteiger partial charge in [-0.1, -0.05) is 13.8 Å². The maximum absolute atomic E-state index is 12.1. The molecule has 0 aliphatic carbocycles. The van der Waals surface area contributed by atoms with Crippen molar-refractivity contribution in [2.45, 2.75) is 84.1 Å². The molecule has 5 atom stereocenters. The summed E-state index contributed by atoms with van der Waals surface area (Å²) >= 11 is 0. The van der Waals surface area contributed by atoms with Crippen LogP contribution in [0.4, 0.5) is 0 Å². The van der Waals surface area contributed by atoms with Crippen molar-refractivity contribution in [3.8, 4) is 0 Å². The van der Waals surface area contributed by atoms with Gasteiger partial charge < -0.3 is 45.5 Å². The van der Waals surface area contributed by atoms with Crippen LogP contribution in [0.1, 0.15) is 48.0 Å². The lowest BCUT2D eigenvalue weighted by molar-refractivity contribution is -0.288. The third-order valence-electron chi connectivity index (χ3n) is 5.00. The van der Waals surface area contributed by atoms with Gasteiger partial charge >= 0.3 is 0 Å². The first-order chi connectivity index (χ1) is 15.2. The Morgan fingerprint density at radius 3 is 2.21 bits per heavy atom. The smallest absolute Gasteiger partial charge is 0.246 e. The van der Waals surface area contributed by atoms with Gasteiger partial charge in [0.15, 0.2) is 13.1 Å². The first-order valence-electron chi connectivity index (χ1n) is 10.8. The predicted molar refractivity (Wildman–Crippen MR) is 117 cm³/mol. The van der Waals surface area contributed by atoms with E-state index in [1.807, 2.05) is 27.7 Å². The molecular weight excluding hydrogens is 438 g/mol. The average Bonchev–Trinajstić information content (AvgIpc) is 2.66. The molecule has 0 aromatic rings. The molecule has 3 amide bonds. The molecule has 192 valence electrons. The minimum absolute atomic E-state index is 0.122. The van der Waals surface area contributed by atoms with E-state index in [0.717, 1.165) is 0 Å². The molecule has 5 unspecified atom stereocenters. The van der Waals surface area contributed by atoms with Gasteiger partial charge in [-0.25, -0.2) is 0 Å². The molecule has 0 bridgehead atoms. The molecule has 0 aromatic heterocycles. The van der Waals surface area contributed by atoms with E-state index in [4.69, 9.17) is 14.2 Å². The highest BCUT2D eigenvalue weighted by molar-refractivity contribution is 5.77. The Labute approximate surface area is 194 Å². The minimum atomic E-state index is -1.43. The Morgan fingerprint density at radius 1 is 1.03 bits per heavy atom. The number of rotatable bonds is 12. The lowest BCUT2D eigenvalue weighted by Gasteiger charge is -2.41. The normalized spacial score (nSPS) is 25.9. The Bertz CT molecular complexity index is 671. The highest BCUT2D eigenvalue weighted by atomic mass is 16.8. The fraction of sp³-hybridized carbons (Fsp3) is 0.857. The fourth-order valence-corrected chi connectivity index (χ4v) is 4.03. The second kappa shape index (κ2) is 12.6. The lowest BCUT2D eigenvalue weighted by Crippen LogP contribution is -2.64. The van der Waals surface area contributed by atoms with Gasteiger partial charge in [0.1, 0.15) is 31.0 Å². The molecule has 0 aromatic carbocycles. The van der Waals surface area contributed by atoms with Gasteiger partial charge in [-0.15, -0.1) is 0 Å². The molecule has 12 nitrogen and oxygen atoms in total. The second-order valence-electron chi connectivity index (χ2n) is 9.75. The Morgan fingerprint density at radius 2 is 1.67 bits per heavy atom. The van der Waals surface area contributed by atoms with Crippen molar-refractivity contribution in [3.63, 3.8) is 0 Å². The van der Waals surface area contributed by atoms with E-state index in [0.29, 0.717) is 13.0 Å². The largest absolute Gasteiger partial charge is 0.394 e. The Kier molecular flexibility index (Phi) is 11.1. The summed E-state index contributed by atoms with van der Waals surface area (Å²) in [6, 6.07) is -1.09. The van der Waals surface area contributed by atoms with Crippen molar-refractivity contribution in [2.24, 2.45) is 5.41 Å². The average molecular weight is 478 g/mol. The molecule has 12 heteroatoms. The zero-order chi connectivity index (χ0) is 25.4. The molecule has 1 saturated heterocycles. The van der Waals surface area contributed by atoms with E-state index in [9.17, 15) is 29.7 Å². The predicted octanol–water partition coefficient (Wildman–Crippen LogP) is -1.63. The highest BCUT2D eigenvalue weighted by Gasteiger charge is 2.45. The molecule has 0 radical (unpaired) electrons. The molecule has 33 heavy (non-hydrogen) atoms. The maximum Gasteiger partial charge on any atom is 0.246 e. The quantitative estimate of drug-likeness (QED) is 0.142. The summed E-state index contributed by atoms with van der Waals surface area (Å²) in [6.07, 6.45) is -4.53. The summed E-state index contributed by atoms with van der Waals surface area (Å²) in [4.78, 5) is 34.9. The zero-order valence-corrected chi connectivity index (χ0v) is 20.2. The van der Waals surface area contributed by atoms with Crippen LogP contribution in [0.5, 0.6) is 0 Å². The van der Waals surface area contributed by atoms with Crippen molar-refractivity contribution in [2.75, 3.05) is 26.6 Å². The van der Waals surface area contributed by atoms with Crippen LogP contribution in [0.15, 0.2) is 0 Å². The van der Waals surface area contributed by atoms with E-state index in [2.05, 4.69) is 16.0 Å². The maximum atomic E-state index is 12.1. The van der Waals surface area contributed by atoms with Crippen molar-refractivity contribution in [1.29, 1.82) is 0 Å². The number of amides is 3. The van der Waals surface area contributed by atoms with Crippen LogP contribution in [0.25, 0.3) is 0 Å². The van der Waals surface area contributed by atoms with E-state index in [1.54, 1.807) is 0 Å². The highest BCUT2D eigenvalue weighted by Crippen LogP contribution is 2.27. The van der Waals surface area contributed by atoms with Gasteiger partial charge in [-0.3, -0.25) is 14.4 Å². The van der Waals surface area contributed by atoms with Crippen LogP contribution < -0.4 is 16.0 Å². The van der Waals surface area contributed by atoms with Crippen LogP contribution in [0, 0.1) is 5.41 Å². The van der Waals surface area contributed by atoms with Crippen LogP contribution in [0.3, 0.4) is 0 Å². The molecular formula is C21H39N3O9. The number of aliphatic hydroxyl groups excluding tert-OH is 3. The summed E-state index contributed by atoms with van der Waals surface area (Å²) in [5.74, 6) is -0.977. The molecule has 1 aliphatic heterocycles. The third-order valence-corrected chi connectivity index (χ3v) is 5.00. The number of aliphatic hydroxyl groups is 3. The van der Waals surface area contributed by atoms with Gasteiger partial charge in [-0.05, 0) is 25.7 Å². The van der Waals surface area contributed by atoms with Crippen molar-refractivity contribution < 1.29 is 43.9 Å². The van der Waals surface area contributed by atoms with E-state index in [1.165, 1.54) is 13.8 Å². The molecule has 1 heterocycles. The van der Waals surface area contributed by atoms with Crippen LogP contribution in [0.2, 0.25) is 0 Å². The zero-order valence-electron chi connectivity index (χ0n) is 20.2. The number of nitrogens with one attached hydrogen (secondary N) is 3. The summed E-state index contributed by atoms with van der Waals surface area (Å²) in [5.41, 5.74) is -0.727. The molecule has 1 aliphatic rings. The SMILES string of the molecule is CC(=O)NC1C(OCOCC(=O)NCC(C)(C)CC(C)(C)NC(C)=O)OC(CO)C(O)C1O. The van der Waals surface area contributed by atoms with Gasteiger partial charge in [0.05, 0.1) is 6.61 Å². The van der Waals surface area contributed by atoms with Crippen molar-refractivity contribution >= 4 is 17.7 Å². The number of hydrogen-bond acceptors (Lipinski definition) is 9. The lowest BCUT2D eigenvalue weighted by atomic mass is 9.80.